The number of pyridine rings is 1. The van der Waals surface area contributed by atoms with Crippen molar-refractivity contribution in [1.29, 1.82) is 0 Å². The summed E-state index contributed by atoms with van der Waals surface area (Å²) in [5, 5.41) is 9.25. The molecule has 1 atom stereocenters. The molecule has 0 aliphatic heterocycles. The number of hydrogen-bond donors (Lipinski definition) is 2. The fourth-order valence-corrected chi connectivity index (χ4v) is 3.73. The minimum atomic E-state index is -1.03. The van der Waals surface area contributed by atoms with Crippen molar-refractivity contribution in [1.82, 2.24) is 9.66 Å². The Kier molecular flexibility index (Phi) is 6.56. The van der Waals surface area contributed by atoms with E-state index in [0.717, 1.165) is 10.4 Å². The average molecular weight is 434 g/mol. The van der Waals surface area contributed by atoms with Crippen LogP contribution in [0.4, 0.5) is 0 Å². The lowest BCUT2D eigenvalue weighted by molar-refractivity contribution is -0.138. The van der Waals surface area contributed by atoms with Gasteiger partial charge in [-0.2, -0.15) is 0 Å². The molecule has 152 valence electrons. The molecule has 0 spiro atoms. The molecule has 3 rings (SSSR count). The molecule has 0 bridgehead atoms. The SMILES string of the molecule is Cc1ccn(NCc2cccc(OCc3cnc(Cl)s3)c2)c(=O)c1C(C)C(=O)O. The van der Waals surface area contributed by atoms with Crippen LogP contribution < -0.4 is 15.7 Å². The number of rotatable bonds is 8. The quantitative estimate of drug-likeness (QED) is 0.561. The van der Waals surface area contributed by atoms with E-state index in [2.05, 4.69) is 10.4 Å². The molecule has 1 unspecified atom stereocenters. The first-order valence-corrected chi connectivity index (χ1v) is 10.1. The maximum absolute atomic E-state index is 12.7. The number of halogens is 1. The summed E-state index contributed by atoms with van der Waals surface area (Å²) in [7, 11) is 0. The fraction of sp³-hybridized carbons (Fsp3) is 0.250. The molecular weight excluding hydrogens is 414 g/mol. The summed E-state index contributed by atoms with van der Waals surface area (Å²) >= 11 is 7.18. The second kappa shape index (κ2) is 9.11. The van der Waals surface area contributed by atoms with E-state index in [0.29, 0.717) is 28.9 Å². The molecule has 0 aliphatic carbocycles. The Balaban J connectivity index is 1.69. The lowest BCUT2D eigenvalue weighted by Gasteiger charge is -2.15. The van der Waals surface area contributed by atoms with Crippen LogP contribution in [0.5, 0.6) is 5.75 Å². The number of carboxylic acids is 1. The lowest BCUT2D eigenvalue weighted by Crippen LogP contribution is -2.33. The second-order valence-electron chi connectivity index (χ2n) is 6.50. The van der Waals surface area contributed by atoms with Gasteiger partial charge in [0.2, 0.25) is 0 Å². The third kappa shape index (κ3) is 5.16. The molecule has 0 fully saturated rings. The van der Waals surface area contributed by atoms with Crippen LogP contribution in [0.15, 0.2) is 47.5 Å². The molecule has 9 heteroatoms. The molecule has 2 aromatic heterocycles. The number of ether oxygens (including phenoxy) is 1. The minimum absolute atomic E-state index is 0.271. The van der Waals surface area contributed by atoms with Crippen molar-refractivity contribution in [2.45, 2.75) is 32.9 Å². The van der Waals surface area contributed by atoms with Crippen LogP contribution in [0.2, 0.25) is 4.47 Å². The molecule has 0 saturated heterocycles. The molecular formula is C20H20ClN3O4S. The Hall–Kier alpha value is -2.84. The molecule has 3 aromatic rings. The Bertz CT molecular complexity index is 1080. The van der Waals surface area contributed by atoms with Gasteiger partial charge in [0.15, 0.2) is 4.47 Å². The third-order valence-corrected chi connectivity index (χ3v) is 5.50. The molecule has 0 aliphatic rings. The summed E-state index contributed by atoms with van der Waals surface area (Å²) in [6.07, 6.45) is 3.28. The van der Waals surface area contributed by atoms with Gasteiger partial charge in [0.1, 0.15) is 12.4 Å². The van der Waals surface area contributed by atoms with Crippen LogP contribution in [0.25, 0.3) is 0 Å². The highest BCUT2D eigenvalue weighted by molar-refractivity contribution is 7.15. The first-order chi connectivity index (χ1) is 13.8. The van der Waals surface area contributed by atoms with Crippen molar-refractivity contribution in [2.75, 3.05) is 5.43 Å². The number of benzene rings is 1. The zero-order chi connectivity index (χ0) is 21.0. The number of thiazole rings is 1. The van der Waals surface area contributed by atoms with E-state index in [-0.39, 0.29) is 11.1 Å². The number of aryl methyl sites for hydroxylation is 1. The Morgan fingerprint density at radius 1 is 1.41 bits per heavy atom. The zero-order valence-corrected chi connectivity index (χ0v) is 17.5. The summed E-state index contributed by atoms with van der Waals surface area (Å²) in [6.45, 7) is 3.98. The fourth-order valence-electron chi connectivity index (χ4n) is 2.84. The Morgan fingerprint density at radius 3 is 2.90 bits per heavy atom. The van der Waals surface area contributed by atoms with Crippen LogP contribution in [0, 0.1) is 6.92 Å². The normalized spacial score (nSPS) is 11.8. The molecule has 7 nitrogen and oxygen atoms in total. The number of aliphatic carboxylic acids is 1. The van der Waals surface area contributed by atoms with Gasteiger partial charge in [-0.05, 0) is 43.2 Å². The van der Waals surface area contributed by atoms with Crippen molar-refractivity contribution in [3.63, 3.8) is 0 Å². The maximum atomic E-state index is 12.7. The van der Waals surface area contributed by atoms with Gasteiger partial charge < -0.3 is 15.3 Å². The predicted octanol–water partition coefficient (Wildman–Crippen LogP) is 3.78. The van der Waals surface area contributed by atoms with Gasteiger partial charge in [0.05, 0.1) is 17.3 Å². The van der Waals surface area contributed by atoms with Gasteiger partial charge in [-0.1, -0.05) is 23.7 Å². The lowest BCUT2D eigenvalue weighted by atomic mass is 9.99. The van der Waals surface area contributed by atoms with Crippen molar-refractivity contribution in [3.05, 3.63) is 79.1 Å². The van der Waals surface area contributed by atoms with E-state index in [1.807, 2.05) is 24.3 Å². The highest BCUT2D eigenvalue weighted by atomic mass is 35.5. The summed E-state index contributed by atoms with van der Waals surface area (Å²) in [6, 6.07) is 9.21. The smallest absolute Gasteiger partial charge is 0.310 e. The predicted molar refractivity (Wildman–Crippen MR) is 112 cm³/mol. The van der Waals surface area contributed by atoms with Crippen LogP contribution in [-0.4, -0.2) is 20.7 Å². The summed E-state index contributed by atoms with van der Waals surface area (Å²) < 4.78 is 7.55. The van der Waals surface area contributed by atoms with Crippen LogP contribution >= 0.6 is 22.9 Å². The first-order valence-electron chi connectivity index (χ1n) is 8.86. The van der Waals surface area contributed by atoms with E-state index in [1.165, 1.54) is 22.9 Å². The maximum Gasteiger partial charge on any atom is 0.310 e. The molecule has 0 saturated carbocycles. The molecule has 2 N–H and O–H groups in total. The molecule has 1 aromatic carbocycles. The van der Waals surface area contributed by atoms with Gasteiger partial charge in [-0.3, -0.25) is 9.59 Å². The number of aromatic nitrogens is 2. The van der Waals surface area contributed by atoms with E-state index >= 15 is 0 Å². The molecule has 0 amide bonds. The Labute approximate surface area is 176 Å². The van der Waals surface area contributed by atoms with E-state index < -0.39 is 11.9 Å². The van der Waals surface area contributed by atoms with Gasteiger partial charge >= 0.3 is 5.97 Å². The van der Waals surface area contributed by atoms with E-state index in [9.17, 15) is 14.7 Å². The van der Waals surface area contributed by atoms with Crippen LogP contribution in [-0.2, 0) is 17.9 Å². The summed E-state index contributed by atoms with van der Waals surface area (Å²) in [5.41, 5.74) is 4.49. The van der Waals surface area contributed by atoms with Gasteiger partial charge in [-0.25, -0.2) is 9.66 Å². The molecule has 29 heavy (non-hydrogen) atoms. The Morgan fingerprint density at radius 2 is 2.21 bits per heavy atom. The highest BCUT2D eigenvalue weighted by Gasteiger charge is 2.20. The summed E-state index contributed by atoms with van der Waals surface area (Å²) in [4.78, 5) is 28.9. The van der Waals surface area contributed by atoms with E-state index in [4.69, 9.17) is 16.3 Å². The largest absolute Gasteiger partial charge is 0.488 e. The van der Waals surface area contributed by atoms with Crippen molar-refractivity contribution in [3.8, 4) is 5.75 Å². The zero-order valence-electron chi connectivity index (χ0n) is 15.9. The number of carboxylic acid groups (broad SMARTS) is 1. The number of hydrogen-bond acceptors (Lipinski definition) is 6. The first kappa shape index (κ1) is 20.9. The standard InChI is InChI=1S/C20H20ClN3O4S/c1-12-6-7-24(18(25)17(12)13(2)19(26)27)23-9-14-4-3-5-15(8-14)28-11-16-10-22-20(21)29-16/h3-8,10,13,23H,9,11H2,1-2H3,(H,26,27). The topological polar surface area (TPSA) is 93.5 Å². The van der Waals surface area contributed by atoms with Crippen molar-refractivity contribution in [2.24, 2.45) is 0 Å². The molecule has 2 heterocycles. The number of carbonyl (C=O) groups is 1. The highest BCUT2D eigenvalue weighted by Crippen LogP contribution is 2.21. The number of nitrogens with zero attached hydrogens (tertiary/aromatic N) is 2. The third-order valence-electron chi connectivity index (χ3n) is 4.41. The van der Waals surface area contributed by atoms with Crippen molar-refractivity contribution >= 4 is 28.9 Å². The monoisotopic (exact) mass is 433 g/mol. The van der Waals surface area contributed by atoms with Crippen LogP contribution in [0.1, 0.15) is 34.4 Å². The van der Waals surface area contributed by atoms with Gasteiger partial charge in [0.25, 0.3) is 5.56 Å². The second-order valence-corrected chi connectivity index (χ2v) is 8.20. The van der Waals surface area contributed by atoms with E-state index in [1.54, 1.807) is 25.4 Å². The van der Waals surface area contributed by atoms with Crippen LogP contribution in [0.3, 0.4) is 0 Å². The van der Waals surface area contributed by atoms with Gasteiger partial charge in [-0.15, -0.1) is 11.3 Å². The summed E-state index contributed by atoms with van der Waals surface area (Å²) in [5.74, 6) is -1.23. The van der Waals surface area contributed by atoms with Gasteiger partial charge in [0, 0.05) is 18.0 Å². The minimum Gasteiger partial charge on any atom is -0.488 e. The van der Waals surface area contributed by atoms with Crippen molar-refractivity contribution < 1.29 is 14.6 Å². The number of nitrogens with one attached hydrogen (secondary N) is 1. The average Bonchev–Trinajstić information content (AvgIpc) is 3.11. The molecule has 0 radical (unpaired) electrons.